The van der Waals surface area contributed by atoms with Gasteiger partial charge in [0.05, 0.1) is 0 Å². The minimum absolute atomic E-state index is 1.16. The highest BCUT2D eigenvalue weighted by atomic mass is 13.9. The third-order valence-corrected chi connectivity index (χ3v) is 1.87. The summed E-state index contributed by atoms with van der Waals surface area (Å²) in [5.74, 6) is 0. The Labute approximate surface area is 66.6 Å². The molecule has 54 valence electrons. The molecule has 0 amide bonds. The molecule has 0 saturated heterocycles. The molecule has 0 aromatic carbocycles. The normalized spacial score (nSPS) is 12.4. The Kier molecular flexibility index (Phi) is 5.57. The second kappa shape index (κ2) is 5.64. The number of allylic oxidation sites excluding steroid dienone is 2. The van der Waals surface area contributed by atoms with E-state index in [1.807, 2.05) is 0 Å². The molecule has 0 N–H and O–H groups in total. The van der Waals surface area contributed by atoms with E-state index in [-0.39, 0.29) is 0 Å². The molecule has 0 atom stereocenters. The first-order chi connectivity index (χ1) is 4.79. The van der Waals surface area contributed by atoms with Gasteiger partial charge >= 0.3 is 0 Å². The third kappa shape index (κ3) is 2.64. The molecule has 0 spiro atoms. The van der Waals surface area contributed by atoms with Gasteiger partial charge in [0.25, 0.3) is 0 Å². The Balaban J connectivity index is 4.20. The molecule has 0 heterocycles. The summed E-state index contributed by atoms with van der Waals surface area (Å²) in [6, 6.07) is 0. The van der Waals surface area contributed by atoms with E-state index < -0.39 is 0 Å². The van der Waals surface area contributed by atoms with Crippen LogP contribution in [-0.2, 0) is 0 Å². The molecule has 0 aromatic heterocycles. The Morgan fingerprint density at radius 1 is 0.900 bits per heavy atom. The Morgan fingerprint density at radius 2 is 1.20 bits per heavy atom. The van der Waals surface area contributed by atoms with Crippen molar-refractivity contribution in [3.05, 3.63) is 10.9 Å². The highest BCUT2D eigenvalue weighted by molar-refractivity contribution is 6.51. The lowest BCUT2D eigenvalue weighted by Gasteiger charge is -2.07. The molecule has 0 unspecified atom stereocenters. The standard InChI is InChI=1S/C8H16B2/c1-5-7(9-3)8(6-2)10-4/h5-6H2,1-4H3/b8-7-. The van der Waals surface area contributed by atoms with Gasteiger partial charge < -0.3 is 0 Å². The molecule has 0 aliphatic rings. The summed E-state index contributed by atoms with van der Waals surface area (Å²) in [7, 11) is 4.41. The van der Waals surface area contributed by atoms with E-state index in [1.54, 1.807) is 0 Å². The van der Waals surface area contributed by atoms with Crippen molar-refractivity contribution in [3.8, 4) is 0 Å². The van der Waals surface area contributed by atoms with Gasteiger partial charge in [-0.1, -0.05) is 27.5 Å². The van der Waals surface area contributed by atoms with Crippen LogP contribution in [0.2, 0.25) is 13.6 Å². The topological polar surface area (TPSA) is 0 Å². The molecule has 0 nitrogen and oxygen atoms in total. The summed E-state index contributed by atoms with van der Waals surface area (Å²) in [5.41, 5.74) is 2.98. The van der Waals surface area contributed by atoms with E-state index in [0.717, 1.165) is 12.8 Å². The summed E-state index contributed by atoms with van der Waals surface area (Å²) in [6.45, 7) is 8.62. The van der Waals surface area contributed by atoms with Crippen molar-refractivity contribution in [1.29, 1.82) is 0 Å². The van der Waals surface area contributed by atoms with Crippen LogP contribution in [0.25, 0.3) is 0 Å². The minimum Gasteiger partial charge on any atom is -0.119 e. The second-order valence-corrected chi connectivity index (χ2v) is 2.33. The van der Waals surface area contributed by atoms with Gasteiger partial charge in [0, 0.05) is 0 Å². The Bertz CT molecular complexity index is 90.4. The maximum atomic E-state index is 2.21. The molecule has 0 aliphatic carbocycles. The van der Waals surface area contributed by atoms with Crippen molar-refractivity contribution >= 4 is 14.6 Å². The first-order valence-corrected chi connectivity index (χ1v) is 4.10. The lowest BCUT2D eigenvalue weighted by atomic mass is 9.58. The van der Waals surface area contributed by atoms with Gasteiger partial charge in [0.1, 0.15) is 14.6 Å². The molecule has 0 fully saturated rings. The van der Waals surface area contributed by atoms with Crippen molar-refractivity contribution < 1.29 is 0 Å². The zero-order valence-corrected chi connectivity index (χ0v) is 7.57. The number of rotatable bonds is 4. The summed E-state index contributed by atoms with van der Waals surface area (Å²) in [6.07, 6.45) is 2.31. The molecule has 2 radical (unpaired) electrons. The lowest BCUT2D eigenvalue weighted by Crippen LogP contribution is -2.00. The van der Waals surface area contributed by atoms with Gasteiger partial charge in [-0.3, -0.25) is 0 Å². The maximum absolute atomic E-state index is 2.21. The highest BCUT2D eigenvalue weighted by Crippen LogP contribution is 2.09. The summed E-state index contributed by atoms with van der Waals surface area (Å²) in [4.78, 5) is 0. The Morgan fingerprint density at radius 3 is 1.30 bits per heavy atom. The van der Waals surface area contributed by atoms with E-state index in [9.17, 15) is 0 Å². The SMILES string of the molecule is C[B]/C(CC)=C(\[B]C)CC. The molecule has 0 saturated carbocycles. The van der Waals surface area contributed by atoms with Crippen LogP contribution < -0.4 is 0 Å². The second-order valence-electron chi connectivity index (χ2n) is 2.33. The minimum atomic E-state index is 1.16. The fraction of sp³-hybridized carbons (Fsp3) is 0.750. The molecule has 0 bridgehead atoms. The van der Waals surface area contributed by atoms with Gasteiger partial charge in [-0.2, -0.15) is 0 Å². The van der Waals surface area contributed by atoms with Crippen LogP contribution in [0.1, 0.15) is 26.7 Å². The summed E-state index contributed by atoms with van der Waals surface area (Å²) in [5, 5.41) is 0. The molecule has 0 rings (SSSR count). The van der Waals surface area contributed by atoms with E-state index in [4.69, 9.17) is 0 Å². The van der Waals surface area contributed by atoms with Gasteiger partial charge in [0.2, 0.25) is 0 Å². The molecule has 0 aromatic rings. The van der Waals surface area contributed by atoms with Crippen LogP contribution in [0, 0.1) is 0 Å². The monoisotopic (exact) mass is 134 g/mol. The zero-order valence-electron chi connectivity index (χ0n) is 7.57. The third-order valence-electron chi connectivity index (χ3n) is 1.87. The van der Waals surface area contributed by atoms with E-state index in [0.29, 0.717) is 0 Å². The predicted octanol–water partition coefficient (Wildman–Crippen LogP) is 2.52. The van der Waals surface area contributed by atoms with Gasteiger partial charge in [0.15, 0.2) is 0 Å². The molecule has 0 aliphatic heterocycles. The first-order valence-electron chi connectivity index (χ1n) is 4.10. The van der Waals surface area contributed by atoms with Gasteiger partial charge in [-0.15, -0.1) is 10.9 Å². The maximum Gasteiger partial charge on any atom is 0.141 e. The molecular weight excluding hydrogens is 118 g/mol. The lowest BCUT2D eigenvalue weighted by molar-refractivity contribution is 1.10. The van der Waals surface area contributed by atoms with Crippen molar-refractivity contribution in [2.45, 2.75) is 40.3 Å². The average molecular weight is 134 g/mol. The quantitative estimate of drug-likeness (QED) is 0.518. The molecule has 10 heavy (non-hydrogen) atoms. The van der Waals surface area contributed by atoms with Crippen LogP contribution in [0.4, 0.5) is 0 Å². The smallest absolute Gasteiger partial charge is 0.119 e. The fourth-order valence-electron chi connectivity index (χ4n) is 1.23. The van der Waals surface area contributed by atoms with Gasteiger partial charge in [-0.05, 0) is 12.8 Å². The van der Waals surface area contributed by atoms with Crippen LogP contribution in [0.15, 0.2) is 10.9 Å². The van der Waals surface area contributed by atoms with Crippen LogP contribution in [0.3, 0.4) is 0 Å². The number of hydrogen-bond acceptors (Lipinski definition) is 0. The number of hydrogen-bond donors (Lipinski definition) is 0. The Hall–Kier alpha value is -0.130. The van der Waals surface area contributed by atoms with Crippen LogP contribution >= 0.6 is 0 Å². The zero-order chi connectivity index (χ0) is 7.98. The van der Waals surface area contributed by atoms with E-state index in [2.05, 4.69) is 42.1 Å². The first kappa shape index (κ1) is 9.87. The van der Waals surface area contributed by atoms with Crippen molar-refractivity contribution in [2.24, 2.45) is 0 Å². The summed E-state index contributed by atoms with van der Waals surface area (Å²) < 4.78 is 0. The largest absolute Gasteiger partial charge is 0.141 e. The highest BCUT2D eigenvalue weighted by Gasteiger charge is 1.98. The van der Waals surface area contributed by atoms with E-state index in [1.165, 1.54) is 10.9 Å². The van der Waals surface area contributed by atoms with Crippen LogP contribution in [-0.4, -0.2) is 14.6 Å². The molecule has 2 heteroatoms. The summed E-state index contributed by atoms with van der Waals surface area (Å²) >= 11 is 0. The van der Waals surface area contributed by atoms with Crippen molar-refractivity contribution in [1.82, 2.24) is 0 Å². The van der Waals surface area contributed by atoms with Crippen molar-refractivity contribution in [3.63, 3.8) is 0 Å². The van der Waals surface area contributed by atoms with Crippen LogP contribution in [0.5, 0.6) is 0 Å². The van der Waals surface area contributed by atoms with Gasteiger partial charge in [-0.25, -0.2) is 0 Å². The predicted molar refractivity (Wildman–Crippen MR) is 50.8 cm³/mol. The fourth-order valence-corrected chi connectivity index (χ4v) is 1.23. The average Bonchev–Trinajstić information content (AvgIpc) is 2.00. The van der Waals surface area contributed by atoms with Crippen molar-refractivity contribution in [2.75, 3.05) is 0 Å². The molecular formula is C8H16B2. The van der Waals surface area contributed by atoms with E-state index >= 15 is 0 Å².